The van der Waals surface area contributed by atoms with Crippen LogP contribution in [-0.2, 0) is 0 Å². The van der Waals surface area contributed by atoms with Gasteiger partial charge in [0.15, 0.2) is 17.3 Å². The van der Waals surface area contributed by atoms with Crippen LogP contribution >= 0.6 is 11.3 Å². The van der Waals surface area contributed by atoms with E-state index in [4.69, 9.17) is 13.9 Å². The fraction of sp³-hybridized carbons (Fsp3) is 0.174. The lowest BCUT2D eigenvalue weighted by molar-refractivity contribution is 0.0898. The average molecular weight is 439 g/mol. The van der Waals surface area contributed by atoms with Gasteiger partial charge in [-0.3, -0.25) is 9.59 Å². The average Bonchev–Trinajstić information content (AvgIpc) is 3.44. The molecule has 0 bridgehead atoms. The van der Waals surface area contributed by atoms with Crippen LogP contribution in [0.1, 0.15) is 33.9 Å². The molecule has 0 saturated heterocycles. The number of halogens is 1. The highest BCUT2D eigenvalue weighted by atomic mass is 32.1. The van der Waals surface area contributed by atoms with Gasteiger partial charge in [-0.2, -0.15) is 0 Å². The van der Waals surface area contributed by atoms with Crippen molar-refractivity contribution in [2.45, 2.75) is 12.8 Å². The molecule has 8 heteroatoms. The van der Waals surface area contributed by atoms with Gasteiger partial charge in [-0.25, -0.2) is 9.37 Å². The van der Waals surface area contributed by atoms with Gasteiger partial charge in [-0.1, -0.05) is 12.1 Å². The zero-order valence-electron chi connectivity index (χ0n) is 16.8. The van der Waals surface area contributed by atoms with Gasteiger partial charge in [-0.15, -0.1) is 11.3 Å². The first-order valence-electron chi connectivity index (χ1n) is 9.42. The number of nitrogens with zero attached hydrogens (tertiary/aromatic N) is 1. The van der Waals surface area contributed by atoms with Crippen LogP contribution in [0.15, 0.2) is 52.5 Å². The predicted molar refractivity (Wildman–Crippen MR) is 115 cm³/mol. The number of ketones is 2. The number of carbonyl (C=O) groups excluding carboxylic acids is 2. The molecule has 2 aromatic heterocycles. The van der Waals surface area contributed by atoms with E-state index in [-0.39, 0.29) is 36.1 Å². The molecule has 4 aromatic rings. The van der Waals surface area contributed by atoms with E-state index in [0.29, 0.717) is 38.4 Å². The number of thiophene rings is 1. The van der Waals surface area contributed by atoms with Crippen molar-refractivity contribution in [3.05, 3.63) is 65.3 Å². The molecule has 0 unspecified atom stereocenters. The van der Waals surface area contributed by atoms with Crippen molar-refractivity contribution in [1.82, 2.24) is 4.98 Å². The number of rotatable bonds is 8. The normalized spacial score (nSPS) is 10.9. The predicted octanol–water partition coefficient (Wildman–Crippen LogP) is 5.56. The maximum absolute atomic E-state index is 13.9. The van der Waals surface area contributed by atoms with Crippen molar-refractivity contribution in [2.75, 3.05) is 14.2 Å². The summed E-state index contributed by atoms with van der Waals surface area (Å²) in [6.07, 6.45) is 1.32. The zero-order chi connectivity index (χ0) is 22.0. The summed E-state index contributed by atoms with van der Waals surface area (Å²) in [5.41, 5.74) is 1.57. The summed E-state index contributed by atoms with van der Waals surface area (Å²) < 4.78 is 30.1. The SMILES string of the molecule is COc1ccc(C(=O)CCC(=O)c2nc(-c3csc4c(F)cccc34)co2)cc1OC. The highest BCUT2D eigenvalue weighted by molar-refractivity contribution is 7.17. The van der Waals surface area contributed by atoms with Gasteiger partial charge in [0.1, 0.15) is 17.8 Å². The maximum atomic E-state index is 13.9. The highest BCUT2D eigenvalue weighted by Gasteiger charge is 2.19. The van der Waals surface area contributed by atoms with Crippen LogP contribution < -0.4 is 9.47 Å². The van der Waals surface area contributed by atoms with Gasteiger partial charge in [-0.05, 0) is 24.3 Å². The molecule has 0 aliphatic rings. The second-order valence-corrected chi connectivity index (χ2v) is 7.60. The second kappa shape index (κ2) is 8.69. The molecule has 31 heavy (non-hydrogen) atoms. The maximum Gasteiger partial charge on any atom is 0.263 e. The fourth-order valence-corrected chi connectivity index (χ4v) is 4.20. The molecule has 0 atom stereocenters. The number of oxazole rings is 1. The molecule has 0 aliphatic carbocycles. The molecule has 0 aliphatic heterocycles. The summed E-state index contributed by atoms with van der Waals surface area (Å²) in [6, 6.07) is 9.66. The van der Waals surface area contributed by atoms with E-state index in [2.05, 4.69) is 4.98 Å². The number of ether oxygens (including phenoxy) is 2. The van der Waals surface area contributed by atoms with Crippen molar-refractivity contribution in [3.8, 4) is 22.8 Å². The van der Waals surface area contributed by atoms with Crippen molar-refractivity contribution in [1.29, 1.82) is 0 Å². The summed E-state index contributed by atoms with van der Waals surface area (Å²) in [6.45, 7) is 0. The van der Waals surface area contributed by atoms with Gasteiger partial charge in [0.25, 0.3) is 5.89 Å². The Morgan fingerprint density at radius 1 is 1.06 bits per heavy atom. The molecular formula is C23H18FNO5S. The van der Waals surface area contributed by atoms with Gasteiger partial charge in [0.05, 0.1) is 18.9 Å². The van der Waals surface area contributed by atoms with Crippen molar-refractivity contribution in [2.24, 2.45) is 0 Å². The van der Waals surface area contributed by atoms with Gasteiger partial charge < -0.3 is 13.9 Å². The molecule has 0 spiro atoms. The Morgan fingerprint density at radius 3 is 2.61 bits per heavy atom. The molecular weight excluding hydrogens is 421 g/mol. The van der Waals surface area contributed by atoms with Crippen LogP contribution in [0.3, 0.4) is 0 Å². The lowest BCUT2D eigenvalue weighted by atomic mass is 10.0. The smallest absolute Gasteiger partial charge is 0.263 e. The van der Waals surface area contributed by atoms with Crippen molar-refractivity contribution >= 4 is 33.0 Å². The number of hydrogen-bond donors (Lipinski definition) is 0. The van der Waals surface area contributed by atoms with E-state index < -0.39 is 0 Å². The number of aromatic nitrogens is 1. The molecule has 0 N–H and O–H groups in total. The molecule has 0 fully saturated rings. The van der Waals surface area contributed by atoms with E-state index in [1.807, 2.05) is 0 Å². The third-order valence-electron chi connectivity index (χ3n) is 4.86. The Balaban J connectivity index is 1.46. The molecule has 2 aromatic carbocycles. The molecule has 0 radical (unpaired) electrons. The Kier molecular flexibility index (Phi) is 5.81. The van der Waals surface area contributed by atoms with E-state index in [0.717, 1.165) is 0 Å². The van der Waals surface area contributed by atoms with Crippen LogP contribution in [0.5, 0.6) is 11.5 Å². The van der Waals surface area contributed by atoms with Crippen molar-refractivity contribution < 1.29 is 27.9 Å². The lowest BCUT2D eigenvalue weighted by Gasteiger charge is -2.08. The minimum atomic E-state index is -0.384. The van der Waals surface area contributed by atoms with E-state index >= 15 is 0 Å². The summed E-state index contributed by atoms with van der Waals surface area (Å²) in [7, 11) is 3.00. The summed E-state index contributed by atoms with van der Waals surface area (Å²) >= 11 is 1.26. The first-order valence-corrected chi connectivity index (χ1v) is 10.3. The first-order chi connectivity index (χ1) is 15.0. The molecule has 0 saturated carbocycles. The Labute approximate surface area is 181 Å². The van der Waals surface area contributed by atoms with Crippen LogP contribution in [-0.4, -0.2) is 30.8 Å². The summed E-state index contributed by atoms with van der Waals surface area (Å²) in [5, 5.41) is 2.49. The number of fused-ring (bicyclic) bond motifs is 1. The number of benzene rings is 2. The number of methoxy groups -OCH3 is 2. The van der Waals surface area contributed by atoms with E-state index in [1.165, 1.54) is 37.9 Å². The summed E-state index contributed by atoms with van der Waals surface area (Å²) in [5.74, 6) is -0.0148. The van der Waals surface area contributed by atoms with Crippen LogP contribution in [0.25, 0.3) is 21.3 Å². The molecule has 4 rings (SSSR count). The minimum Gasteiger partial charge on any atom is -0.493 e. The van der Waals surface area contributed by atoms with E-state index in [9.17, 15) is 14.0 Å². The Bertz CT molecular complexity index is 1280. The zero-order valence-corrected chi connectivity index (χ0v) is 17.6. The largest absolute Gasteiger partial charge is 0.493 e. The van der Waals surface area contributed by atoms with Gasteiger partial charge in [0, 0.05) is 34.7 Å². The minimum absolute atomic E-state index is 0.00137. The Morgan fingerprint density at radius 2 is 1.84 bits per heavy atom. The number of hydrogen-bond acceptors (Lipinski definition) is 7. The van der Waals surface area contributed by atoms with Gasteiger partial charge >= 0.3 is 0 Å². The van der Waals surface area contributed by atoms with Crippen LogP contribution in [0, 0.1) is 5.82 Å². The van der Waals surface area contributed by atoms with Crippen molar-refractivity contribution in [3.63, 3.8) is 0 Å². The molecule has 6 nitrogen and oxygen atoms in total. The molecule has 2 heterocycles. The first kappa shape index (κ1) is 20.7. The monoisotopic (exact) mass is 439 g/mol. The lowest BCUT2D eigenvalue weighted by Crippen LogP contribution is -2.06. The third kappa shape index (κ3) is 4.06. The number of carbonyl (C=O) groups is 2. The topological polar surface area (TPSA) is 78.6 Å². The summed E-state index contributed by atoms with van der Waals surface area (Å²) in [4.78, 5) is 29.2. The van der Waals surface area contributed by atoms with Crippen LogP contribution in [0.2, 0.25) is 0 Å². The second-order valence-electron chi connectivity index (χ2n) is 6.72. The molecule has 0 amide bonds. The fourth-order valence-electron chi connectivity index (χ4n) is 3.23. The van der Waals surface area contributed by atoms with Gasteiger partial charge in [0.2, 0.25) is 5.78 Å². The van der Waals surface area contributed by atoms with Crippen LogP contribution in [0.4, 0.5) is 4.39 Å². The molecule has 158 valence electrons. The quantitative estimate of drug-likeness (QED) is 0.335. The van der Waals surface area contributed by atoms with E-state index in [1.54, 1.807) is 35.7 Å². The Hall–Kier alpha value is -3.52. The number of Topliss-reactive ketones (excluding diaryl/α,β-unsaturated/α-hetero) is 2. The third-order valence-corrected chi connectivity index (χ3v) is 5.86. The standard InChI is InChI=1S/C23H18FNO5S/c1-28-20-9-6-13(10-21(20)29-2)18(26)7-8-19(27)23-25-17(11-30-23)15-12-31-22-14(15)4-3-5-16(22)24/h3-6,9-12H,7-8H2,1-2H3. The highest BCUT2D eigenvalue weighted by Crippen LogP contribution is 2.35.